The summed E-state index contributed by atoms with van der Waals surface area (Å²) in [6.45, 7) is -1.83. The molecule has 1 heterocycles. The predicted molar refractivity (Wildman–Crippen MR) is 65.7 cm³/mol. The van der Waals surface area contributed by atoms with Crippen LogP contribution in [0.2, 0.25) is 0 Å². The Hall–Kier alpha value is -1.61. The Bertz CT molecular complexity index is 628. The average molecular weight is 308 g/mol. The standard InChI is InChI=1S/C11H11F3N2O3S/c12-11(13,14)7-15-20(18,19)16-6-5-10(17)8-3-1-2-4-9(8)16/h1-4,15H,5-7H2. The van der Waals surface area contributed by atoms with Crippen LogP contribution in [0.4, 0.5) is 18.9 Å². The van der Waals surface area contributed by atoms with Crippen molar-refractivity contribution in [3.8, 4) is 0 Å². The largest absolute Gasteiger partial charge is 0.402 e. The first-order valence-electron chi connectivity index (χ1n) is 5.67. The van der Waals surface area contributed by atoms with Crippen molar-refractivity contribution in [3.05, 3.63) is 29.8 Å². The number of Topliss-reactive ketones (excluding diaryl/α,β-unsaturated/α-hetero) is 1. The lowest BCUT2D eigenvalue weighted by Crippen LogP contribution is -2.47. The van der Waals surface area contributed by atoms with Crippen LogP contribution in [0.1, 0.15) is 16.8 Å². The molecule has 1 aromatic carbocycles. The van der Waals surface area contributed by atoms with E-state index in [4.69, 9.17) is 0 Å². The number of benzene rings is 1. The van der Waals surface area contributed by atoms with Gasteiger partial charge in [0.2, 0.25) is 0 Å². The second kappa shape index (κ2) is 5.06. The summed E-state index contributed by atoms with van der Waals surface area (Å²) in [4.78, 5) is 11.7. The fraction of sp³-hybridized carbons (Fsp3) is 0.364. The molecule has 0 unspecified atom stereocenters. The Morgan fingerprint density at radius 3 is 2.55 bits per heavy atom. The van der Waals surface area contributed by atoms with E-state index in [2.05, 4.69) is 0 Å². The van der Waals surface area contributed by atoms with Gasteiger partial charge in [-0.05, 0) is 12.1 Å². The summed E-state index contributed by atoms with van der Waals surface area (Å²) in [5, 5.41) is 0. The zero-order chi connectivity index (χ0) is 15.0. The molecule has 5 nitrogen and oxygen atoms in total. The lowest BCUT2D eigenvalue weighted by Gasteiger charge is -2.29. The van der Waals surface area contributed by atoms with Crippen LogP contribution in [0.5, 0.6) is 0 Å². The van der Waals surface area contributed by atoms with E-state index in [9.17, 15) is 26.4 Å². The summed E-state index contributed by atoms with van der Waals surface area (Å²) in [5.74, 6) is -0.233. The van der Waals surface area contributed by atoms with Crippen molar-refractivity contribution in [3.63, 3.8) is 0 Å². The van der Waals surface area contributed by atoms with Crippen LogP contribution >= 0.6 is 0 Å². The molecule has 0 bridgehead atoms. The maximum Gasteiger partial charge on any atom is 0.402 e. The highest BCUT2D eigenvalue weighted by molar-refractivity contribution is 7.90. The fourth-order valence-corrected chi connectivity index (χ4v) is 3.14. The number of para-hydroxylation sites is 1. The minimum Gasteiger partial charge on any atom is -0.294 e. The summed E-state index contributed by atoms with van der Waals surface area (Å²) >= 11 is 0. The van der Waals surface area contributed by atoms with Crippen molar-refractivity contribution < 1.29 is 26.4 Å². The summed E-state index contributed by atoms with van der Waals surface area (Å²) in [6, 6.07) is 5.92. The third-order valence-electron chi connectivity index (χ3n) is 2.76. The highest BCUT2D eigenvalue weighted by atomic mass is 32.2. The predicted octanol–water partition coefficient (Wildman–Crippen LogP) is 1.48. The number of halogens is 3. The number of nitrogens with one attached hydrogen (secondary N) is 1. The van der Waals surface area contributed by atoms with Gasteiger partial charge in [0.15, 0.2) is 5.78 Å². The smallest absolute Gasteiger partial charge is 0.294 e. The lowest BCUT2D eigenvalue weighted by atomic mass is 10.0. The Morgan fingerprint density at radius 1 is 1.25 bits per heavy atom. The van der Waals surface area contributed by atoms with Gasteiger partial charge in [0.05, 0.1) is 5.69 Å². The van der Waals surface area contributed by atoms with Gasteiger partial charge in [-0.3, -0.25) is 9.10 Å². The van der Waals surface area contributed by atoms with Crippen LogP contribution in [0.3, 0.4) is 0 Å². The molecule has 1 aromatic rings. The molecular formula is C11H11F3N2O3S. The molecule has 0 fully saturated rings. The number of hydrogen-bond acceptors (Lipinski definition) is 3. The number of anilines is 1. The van der Waals surface area contributed by atoms with E-state index in [1.807, 2.05) is 0 Å². The van der Waals surface area contributed by atoms with Gasteiger partial charge in [0, 0.05) is 18.5 Å². The topological polar surface area (TPSA) is 66.5 Å². The molecule has 0 spiro atoms. The number of rotatable bonds is 3. The summed E-state index contributed by atoms with van der Waals surface area (Å²) in [6.07, 6.45) is -4.71. The monoisotopic (exact) mass is 308 g/mol. The zero-order valence-corrected chi connectivity index (χ0v) is 11.0. The normalized spacial score (nSPS) is 16.1. The highest BCUT2D eigenvalue weighted by Gasteiger charge is 2.34. The number of carbonyl (C=O) groups is 1. The Labute approximate surface area is 113 Å². The molecule has 1 aliphatic heterocycles. The summed E-state index contributed by atoms with van der Waals surface area (Å²) < 4.78 is 62.4. The van der Waals surface area contributed by atoms with Crippen LogP contribution in [0.25, 0.3) is 0 Å². The second-order valence-corrected chi connectivity index (χ2v) is 5.88. The SMILES string of the molecule is O=C1CCN(S(=O)(=O)NCC(F)(F)F)c2ccccc21. The Kier molecular flexibility index (Phi) is 3.74. The molecule has 0 aliphatic carbocycles. The quantitative estimate of drug-likeness (QED) is 0.919. The number of hydrogen-bond donors (Lipinski definition) is 1. The number of nitrogens with zero attached hydrogens (tertiary/aromatic N) is 1. The van der Waals surface area contributed by atoms with E-state index in [1.54, 1.807) is 6.07 Å². The van der Waals surface area contributed by atoms with E-state index >= 15 is 0 Å². The first kappa shape index (κ1) is 14.8. The van der Waals surface area contributed by atoms with Crippen LogP contribution in [-0.4, -0.2) is 33.5 Å². The summed E-state index contributed by atoms with van der Waals surface area (Å²) in [7, 11) is -4.34. The van der Waals surface area contributed by atoms with E-state index in [-0.39, 0.29) is 30.0 Å². The molecule has 20 heavy (non-hydrogen) atoms. The van der Waals surface area contributed by atoms with Crippen molar-refractivity contribution in [2.45, 2.75) is 12.6 Å². The zero-order valence-electron chi connectivity index (χ0n) is 10.1. The minimum absolute atomic E-state index is 0.0655. The third-order valence-corrected chi connectivity index (χ3v) is 4.23. The molecule has 0 aromatic heterocycles. The van der Waals surface area contributed by atoms with Gasteiger partial charge in [-0.15, -0.1) is 0 Å². The maximum absolute atomic E-state index is 12.1. The van der Waals surface area contributed by atoms with Crippen LogP contribution in [0.15, 0.2) is 24.3 Å². The van der Waals surface area contributed by atoms with Gasteiger partial charge >= 0.3 is 16.4 Å². The van der Waals surface area contributed by atoms with Gasteiger partial charge in [-0.2, -0.15) is 26.3 Å². The number of carbonyl (C=O) groups excluding carboxylic acids is 1. The van der Waals surface area contributed by atoms with Gasteiger partial charge in [0.25, 0.3) is 0 Å². The van der Waals surface area contributed by atoms with Gasteiger partial charge in [0.1, 0.15) is 6.54 Å². The molecule has 9 heteroatoms. The molecule has 1 N–H and O–H groups in total. The van der Waals surface area contributed by atoms with Crippen LogP contribution in [0, 0.1) is 0 Å². The average Bonchev–Trinajstić information content (AvgIpc) is 2.36. The second-order valence-electron chi connectivity index (χ2n) is 4.20. The Morgan fingerprint density at radius 2 is 1.90 bits per heavy atom. The van der Waals surface area contributed by atoms with Crippen LogP contribution in [-0.2, 0) is 10.2 Å². The lowest BCUT2D eigenvalue weighted by molar-refractivity contribution is -0.121. The number of fused-ring (bicyclic) bond motifs is 1. The molecule has 0 saturated carbocycles. The summed E-state index contributed by atoms with van der Waals surface area (Å²) in [5.41, 5.74) is 0.287. The van der Waals surface area contributed by atoms with E-state index in [0.717, 1.165) is 4.31 Å². The van der Waals surface area contributed by atoms with Gasteiger partial charge < -0.3 is 0 Å². The van der Waals surface area contributed by atoms with Crippen molar-refractivity contribution in [2.24, 2.45) is 0 Å². The van der Waals surface area contributed by atoms with Crippen LogP contribution < -0.4 is 9.03 Å². The highest BCUT2D eigenvalue weighted by Crippen LogP contribution is 2.28. The fourth-order valence-electron chi connectivity index (χ4n) is 1.89. The molecular weight excluding hydrogens is 297 g/mol. The number of alkyl halides is 3. The maximum atomic E-state index is 12.1. The van der Waals surface area contributed by atoms with Crippen molar-refractivity contribution in [1.29, 1.82) is 0 Å². The van der Waals surface area contributed by atoms with E-state index < -0.39 is 22.9 Å². The first-order chi connectivity index (χ1) is 9.21. The molecule has 0 atom stereocenters. The number of ketones is 1. The van der Waals surface area contributed by atoms with Crippen molar-refractivity contribution in [2.75, 3.05) is 17.4 Å². The minimum atomic E-state index is -4.64. The van der Waals surface area contributed by atoms with Gasteiger partial charge in [-0.1, -0.05) is 12.1 Å². The van der Waals surface area contributed by atoms with Crippen molar-refractivity contribution >= 4 is 21.7 Å². The molecule has 0 radical (unpaired) electrons. The van der Waals surface area contributed by atoms with Gasteiger partial charge in [-0.25, -0.2) is 0 Å². The molecule has 2 rings (SSSR count). The van der Waals surface area contributed by atoms with Crippen molar-refractivity contribution in [1.82, 2.24) is 4.72 Å². The third kappa shape index (κ3) is 3.10. The molecule has 0 saturated heterocycles. The molecule has 0 amide bonds. The van der Waals surface area contributed by atoms with E-state index in [0.29, 0.717) is 0 Å². The molecule has 1 aliphatic rings. The molecule has 110 valence electrons. The van der Waals surface area contributed by atoms with E-state index in [1.165, 1.54) is 22.9 Å². The Balaban J connectivity index is 2.30. The first-order valence-corrected chi connectivity index (χ1v) is 7.11.